The molecule has 2 rings (SSSR count). The molecule has 1 aliphatic heterocycles. The highest BCUT2D eigenvalue weighted by molar-refractivity contribution is 5.92. The molecule has 1 aromatic rings. The fraction of sp³-hybridized carbons (Fsp3) is 0.562. The van der Waals surface area contributed by atoms with Crippen LogP contribution in [0.5, 0.6) is 0 Å². The minimum absolute atomic E-state index is 0.502. The third-order valence-electron chi connectivity index (χ3n) is 3.64. The van der Waals surface area contributed by atoms with Gasteiger partial charge in [-0.25, -0.2) is 0 Å². The molecule has 4 heteroatoms. The van der Waals surface area contributed by atoms with Crippen molar-refractivity contribution in [3.05, 3.63) is 30.3 Å². The van der Waals surface area contributed by atoms with Crippen LogP contribution in [-0.2, 0) is 0 Å². The van der Waals surface area contributed by atoms with E-state index in [1.165, 1.54) is 32.4 Å². The van der Waals surface area contributed by atoms with Crippen molar-refractivity contribution in [1.82, 2.24) is 4.90 Å². The summed E-state index contributed by atoms with van der Waals surface area (Å²) in [5.74, 6) is 1.05. The fourth-order valence-electron chi connectivity index (χ4n) is 2.60. The number of piperidine rings is 1. The van der Waals surface area contributed by atoms with Crippen molar-refractivity contribution >= 4 is 11.6 Å². The zero-order chi connectivity index (χ0) is 14.2. The summed E-state index contributed by atoms with van der Waals surface area (Å²) in [6, 6.07) is 9.92. The number of nitrogens with two attached hydrogens (primary N) is 1. The molecule has 1 aliphatic rings. The molecule has 0 saturated carbocycles. The maximum atomic E-state index is 5.91. The zero-order valence-corrected chi connectivity index (χ0v) is 12.4. The van der Waals surface area contributed by atoms with Crippen LogP contribution >= 0.6 is 0 Å². The molecule has 1 saturated heterocycles. The van der Waals surface area contributed by atoms with E-state index in [0.717, 1.165) is 18.8 Å². The van der Waals surface area contributed by atoms with E-state index in [2.05, 4.69) is 22.1 Å². The van der Waals surface area contributed by atoms with Gasteiger partial charge in [-0.1, -0.05) is 31.5 Å². The summed E-state index contributed by atoms with van der Waals surface area (Å²) in [5.41, 5.74) is 6.90. The molecule has 1 atom stereocenters. The molecule has 0 spiro atoms. The Labute approximate surface area is 122 Å². The van der Waals surface area contributed by atoms with Crippen LogP contribution in [0.3, 0.4) is 0 Å². The van der Waals surface area contributed by atoms with Crippen LogP contribution < -0.4 is 11.1 Å². The molecule has 20 heavy (non-hydrogen) atoms. The van der Waals surface area contributed by atoms with Crippen LogP contribution in [0, 0.1) is 5.92 Å². The number of aliphatic imine (C=N–C) groups is 1. The predicted octanol–water partition coefficient (Wildman–Crippen LogP) is 2.54. The molecule has 1 aromatic carbocycles. The second kappa shape index (κ2) is 7.90. The lowest BCUT2D eigenvalue weighted by atomic mass is 10.1. The third-order valence-corrected chi connectivity index (χ3v) is 3.64. The minimum atomic E-state index is 0.502. The van der Waals surface area contributed by atoms with E-state index in [9.17, 15) is 0 Å². The van der Waals surface area contributed by atoms with Gasteiger partial charge in [0.1, 0.15) is 0 Å². The predicted molar refractivity (Wildman–Crippen MR) is 86.0 cm³/mol. The topological polar surface area (TPSA) is 53.6 Å². The maximum Gasteiger partial charge on any atom is 0.193 e. The van der Waals surface area contributed by atoms with Crippen molar-refractivity contribution < 1.29 is 0 Å². The summed E-state index contributed by atoms with van der Waals surface area (Å²) in [4.78, 5) is 6.99. The van der Waals surface area contributed by atoms with Gasteiger partial charge in [-0.05, 0) is 44.0 Å². The quantitative estimate of drug-likeness (QED) is 0.641. The van der Waals surface area contributed by atoms with E-state index in [-0.39, 0.29) is 0 Å². The Morgan fingerprint density at radius 3 is 2.65 bits per heavy atom. The van der Waals surface area contributed by atoms with Crippen LogP contribution in [0.25, 0.3) is 0 Å². The average molecular weight is 274 g/mol. The van der Waals surface area contributed by atoms with Gasteiger partial charge in [-0.2, -0.15) is 0 Å². The molecule has 1 unspecified atom stereocenters. The lowest BCUT2D eigenvalue weighted by Crippen LogP contribution is -2.34. The molecular formula is C16H26N4. The van der Waals surface area contributed by atoms with E-state index in [1.54, 1.807) is 0 Å². The molecule has 1 fully saturated rings. The maximum absolute atomic E-state index is 5.91. The zero-order valence-electron chi connectivity index (χ0n) is 12.4. The lowest BCUT2D eigenvalue weighted by molar-refractivity contribution is 0.203. The number of hydrogen-bond acceptors (Lipinski definition) is 2. The lowest BCUT2D eigenvalue weighted by Gasteiger charge is -2.28. The standard InChI is InChI=1S/C16H26N4/c1-14(13-20-10-6-3-7-11-20)12-18-16(17)19-15-8-4-2-5-9-15/h2,4-5,8-9,14H,3,6-7,10-13H2,1H3,(H3,17,18,19). The summed E-state index contributed by atoms with van der Waals surface area (Å²) < 4.78 is 0. The van der Waals surface area contributed by atoms with E-state index < -0.39 is 0 Å². The highest BCUT2D eigenvalue weighted by atomic mass is 15.1. The highest BCUT2D eigenvalue weighted by Gasteiger charge is 2.13. The Morgan fingerprint density at radius 2 is 1.95 bits per heavy atom. The second-order valence-electron chi connectivity index (χ2n) is 5.68. The second-order valence-corrected chi connectivity index (χ2v) is 5.68. The number of para-hydroxylation sites is 1. The Morgan fingerprint density at radius 1 is 1.25 bits per heavy atom. The van der Waals surface area contributed by atoms with Gasteiger partial charge in [-0.15, -0.1) is 0 Å². The molecule has 1 heterocycles. The largest absolute Gasteiger partial charge is 0.370 e. The number of nitrogens with zero attached hydrogens (tertiary/aromatic N) is 2. The van der Waals surface area contributed by atoms with Crippen molar-refractivity contribution in [1.29, 1.82) is 0 Å². The Hall–Kier alpha value is -1.55. The van der Waals surface area contributed by atoms with Crippen molar-refractivity contribution in [2.24, 2.45) is 16.6 Å². The van der Waals surface area contributed by atoms with Gasteiger partial charge in [0.15, 0.2) is 5.96 Å². The van der Waals surface area contributed by atoms with Crippen LogP contribution in [0.4, 0.5) is 5.69 Å². The van der Waals surface area contributed by atoms with Crippen molar-refractivity contribution in [3.8, 4) is 0 Å². The molecule has 0 bridgehead atoms. The van der Waals surface area contributed by atoms with Gasteiger partial charge in [0.2, 0.25) is 0 Å². The number of guanidine groups is 1. The molecule has 0 radical (unpaired) electrons. The number of hydrogen-bond donors (Lipinski definition) is 2. The van der Waals surface area contributed by atoms with Crippen LogP contribution in [-0.4, -0.2) is 37.0 Å². The van der Waals surface area contributed by atoms with Gasteiger partial charge in [0.05, 0.1) is 0 Å². The Kier molecular flexibility index (Phi) is 5.87. The SMILES string of the molecule is CC(CN=C(N)Nc1ccccc1)CN1CCCCC1. The summed E-state index contributed by atoms with van der Waals surface area (Å²) in [6.45, 7) is 6.63. The third kappa shape index (κ3) is 5.21. The highest BCUT2D eigenvalue weighted by Crippen LogP contribution is 2.11. The van der Waals surface area contributed by atoms with Crippen molar-refractivity contribution in [2.75, 3.05) is 31.5 Å². The van der Waals surface area contributed by atoms with Crippen molar-refractivity contribution in [3.63, 3.8) is 0 Å². The molecule has 0 amide bonds. The summed E-state index contributed by atoms with van der Waals surface area (Å²) in [7, 11) is 0. The molecule has 0 aliphatic carbocycles. The summed E-state index contributed by atoms with van der Waals surface area (Å²) >= 11 is 0. The van der Waals surface area contributed by atoms with Crippen LogP contribution in [0.2, 0.25) is 0 Å². The van der Waals surface area contributed by atoms with Gasteiger partial charge in [0, 0.05) is 18.8 Å². The first-order valence-corrected chi connectivity index (χ1v) is 7.58. The van der Waals surface area contributed by atoms with Gasteiger partial charge in [0.25, 0.3) is 0 Å². The van der Waals surface area contributed by atoms with Crippen LogP contribution in [0.1, 0.15) is 26.2 Å². The number of nitrogens with one attached hydrogen (secondary N) is 1. The fourth-order valence-corrected chi connectivity index (χ4v) is 2.60. The van der Waals surface area contributed by atoms with Crippen LogP contribution in [0.15, 0.2) is 35.3 Å². The number of anilines is 1. The molecular weight excluding hydrogens is 248 g/mol. The number of benzene rings is 1. The first-order chi connectivity index (χ1) is 9.74. The molecule has 110 valence electrons. The monoisotopic (exact) mass is 274 g/mol. The first-order valence-electron chi connectivity index (χ1n) is 7.58. The summed E-state index contributed by atoms with van der Waals surface area (Å²) in [6.07, 6.45) is 4.07. The molecule has 4 nitrogen and oxygen atoms in total. The van der Waals surface area contributed by atoms with Gasteiger partial charge in [-0.3, -0.25) is 4.99 Å². The Balaban J connectivity index is 1.73. The molecule has 0 aromatic heterocycles. The van der Waals surface area contributed by atoms with Crippen molar-refractivity contribution in [2.45, 2.75) is 26.2 Å². The first kappa shape index (κ1) is 14.9. The smallest absolute Gasteiger partial charge is 0.193 e. The van der Waals surface area contributed by atoms with Gasteiger partial charge < -0.3 is 16.0 Å². The number of rotatable bonds is 5. The number of likely N-dealkylation sites (tertiary alicyclic amines) is 1. The Bertz CT molecular complexity index is 410. The normalized spacial score (nSPS) is 18.8. The van der Waals surface area contributed by atoms with Gasteiger partial charge >= 0.3 is 0 Å². The van der Waals surface area contributed by atoms with E-state index in [1.807, 2.05) is 30.3 Å². The van der Waals surface area contributed by atoms with E-state index in [4.69, 9.17) is 5.73 Å². The van der Waals surface area contributed by atoms with E-state index >= 15 is 0 Å². The molecule has 3 N–H and O–H groups in total. The van der Waals surface area contributed by atoms with E-state index in [0.29, 0.717) is 11.9 Å². The summed E-state index contributed by atoms with van der Waals surface area (Å²) in [5, 5.41) is 3.12. The minimum Gasteiger partial charge on any atom is -0.370 e. The average Bonchev–Trinajstić information content (AvgIpc) is 2.47.